The van der Waals surface area contributed by atoms with Crippen LogP contribution in [0.25, 0.3) is 11.1 Å². The highest BCUT2D eigenvalue weighted by Crippen LogP contribution is 2.37. The lowest BCUT2D eigenvalue weighted by molar-refractivity contribution is -0.384. The quantitative estimate of drug-likeness (QED) is 0.395. The van der Waals surface area contributed by atoms with E-state index in [-0.39, 0.29) is 16.6 Å². The number of rotatable bonds is 3. The van der Waals surface area contributed by atoms with Gasteiger partial charge in [-0.2, -0.15) is 0 Å². The van der Waals surface area contributed by atoms with Crippen LogP contribution in [0.1, 0.15) is 11.1 Å². The molecule has 7 heteroatoms. The number of amides is 2. The van der Waals surface area contributed by atoms with E-state index in [4.69, 9.17) is 0 Å². The Kier molecular flexibility index (Phi) is 4.78. The van der Waals surface area contributed by atoms with Crippen LogP contribution in [0.5, 0.6) is 0 Å². The van der Waals surface area contributed by atoms with Gasteiger partial charge in [0.2, 0.25) is 0 Å². The summed E-state index contributed by atoms with van der Waals surface area (Å²) in [4.78, 5) is 27.5. The Morgan fingerprint density at radius 3 is 2.39 bits per heavy atom. The van der Waals surface area contributed by atoms with E-state index in [1.54, 1.807) is 23.1 Å². The molecule has 0 bridgehead atoms. The van der Waals surface area contributed by atoms with E-state index in [0.717, 1.165) is 12.1 Å². The summed E-state index contributed by atoms with van der Waals surface area (Å²) in [6.07, 6.45) is 0.879. The van der Waals surface area contributed by atoms with Gasteiger partial charge in [-0.1, -0.05) is 42.5 Å². The molecule has 156 valence electrons. The van der Waals surface area contributed by atoms with Gasteiger partial charge < -0.3 is 15.1 Å². The first-order valence-corrected chi connectivity index (χ1v) is 10.4. The van der Waals surface area contributed by atoms with Gasteiger partial charge in [-0.15, -0.1) is 0 Å². The summed E-state index contributed by atoms with van der Waals surface area (Å²) in [5, 5.41) is 14.3. The lowest BCUT2D eigenvalue weighted by Crippen LogP contribution is -2.50. The molecule has 1 saturated heterocycles. The molecule has 1 aliphatic carbocycles. The zero-order chi connectivity index (χ0) is 21.4. The number of nitrogens with zero attached hydrogens (tertiary/aromatic N) is 3. The van der Waals surface area contributed by atoms with Gasteiger partial charge in [-0.25, -0.2) is 4.79 Å². The predicted octanol–water partition coefficient (Wildman–Crippen LogP) is 4.52. The van der Waals surface area contributed by atoms with Gasteiger partial charge in [0.1, 0.15) is 5.69 Å². The number of carbonyl (C=O) groups is 1. The molecule has 7 nitrogen and oxygen atoms in total. The van der Waals surface area contributed by atoms with Crippen LogP contribution in [0, 0.1) is 10.1 Å². The third-order valence-electron chi connectivity index (χ3n) is 6.03. The summed E-state index contributed by atoms with van der Waals surface area (Å²) in [6.45, 7) is 2.12. The second-order valence-corrected chi connectivity index (χ2v) is 7.86. The molecule has 0 unspecified atom stereocenters. The van der Waals surface area contributed by atoms with E-state index < -0.39 is 0 Å². The van der Waals surface area contributed by atoms with Crippen molar-refractivity contribution in [2.45, 2.75) is 6.42 Å². The number of hydrogen-bond donors (Lipinski definition) is 1. The highest BCUT2D eigenvalue weighted by Gasteiger charge is 2.26. The van der Waals surface area contributed by atoms with Crippen molar-refractivity contribution in [1.29, 1.82) is 0 Å². The van der Waals surface area contributed by atoms with E-state index in [1.807, 2.05) is 17.0 Å². The molecular weight excluding hydrogens is 392 g/mol. The molecule has 1 aliphatic heterocycles. The van der Waals surface area contributed by atoms with Gasteiger partial charge in [-0.05, 0) is 46.9 Å². The van der Waals surface area contributed by atoms with Gasteiger partial charge in [0.15, 0.2) is 0 Å². The Balaban J connectivity index is 1.23. The number of urea groups is 1. The van der Waals surface area contributed by atoms with Gasteiger partial charge in [0.25, 0.3) is 5.69 Å². The monoisotopic (exact) mass is 414 g/mol. The number of nitrogens with one attached hydrogen (secondary N) is 1. The second-order valence-electron chi connectivity index (χ2n) is 7.86. The molecule has 31 heavy (non-hydrogen) atoms. The molecule has 0 spiro atoms. The first-order chi connectivity index (χ1) is 15.1. The highest BCUT2D eigenvalue weighted by molar-refractivity contribution is 5.91. The molecule has 0 aromatic heterocycles. The number of nitro benzene ring substituents is 1. The summed E-state index contributed by atoms with van der Waals surface area (Å²) in [6, 6.07) is 21.1. The van der Waals surface area contributed by atoms with E-state index in [0.29, 0.717) is 31.9 Å². The number of carbonyl (C=O) groups excluding carboxylic acids is 1. The number of fused-ring (bicyclic) bond motifs is 3. The van der Waals surface area contributed by atoms with Crippen LogP contribution in [0.4, 0.5) is 21.9 Å². The molecule has 0 atom stereocenters. The number of hydrogen-bond acceptors (Lipinski definition) is 4. The molecule has 2 aliphatic rings. The summed E-state index contributed by atoms with van der Waals surface area (Å²) in [5.74, 6) is 0. The van der Waals surface area contributed by atoms with E-state index in [9.17, 15) is 14.9 Å². The number of piperazine rings is 1. The Morgan fingerprint density at radius 1 is 0.871 bits per heavy atom. The minimum Gasteiger partial charge on any atom is -0.362 e. The van der Waals surface area contributed by atoms with Crippen LogP contribution in [0.2, 0.25) is 0 Å². The first-order valence-electron chi connectivity index (χ1n) is 10.4. The second kappa shape index (κ2) is 7.75. The van der Waals surface area contributed by atoms with Crippen LogP contribution >= 0.6 is 0 Å². The molecule has 1 fully saturated rings. The van der Waals surface area contributed by atoms with Crippen LogP contribution < -0.4 is 10.2 Å². The molecule has 1 heterocycles. The van der Waals surface area contributed by atoms with Crippen molar-refractivity contribution < 1.29 is 9.72 Å². The topological polar surface area (TPSA) is 78.7 Å². The van der Waals surface area contributed by atoms with E-state index >= 15 is 0 Å². The maximum absolute atomic E-state index is 12.8. The van der Waals surface area contributed by atoms with Gasteiger partial charge in [0.05, 0.1) is 4.92 Å². The van der Waals surface area contributed by atoms with Crippen molar-refractivity contribution in [3.8, 4) is 11.1 Å². The Labute approximate surface area is 180 Å². The molecule has 2 amide bonds. The standard InChI is InChI=1S/C24H22N4O3/c29-24(25-19-9-10-21-18(16-19)15-17-5-1-2-6-20(17)21)27-13-11-26(12-14-27)22-7-3-4-8-23(22)28(30)31/h1-10,16H,11-15H2,(H,25,29). The number of anilines is 2. The van der Waals surface area contributed by atoms with E-state index in [1.165, 1.54) is 28.3 Å². The summed E-state index contributed by atoms with van der Waals surface area (Å²) in [7, 11) is 0. The Bertz CT molecular complexity index is 1170. The zero-order valence-electron chi connectivity index (χ0n) is 17.0. The van der Waals surface area contributed by atoms with Crippen molar-refractivity contribution >= 4 is 23.1 Å². The Morgan fingerprint density at radius 2 is 1.58 bits per heavy atom. The minimum atomic E-state index is -0.361. The highest BCUT2D eigenvalue weighted by atomic mass is 16.6. The summed E-state index contributed by atoms with van der Waals surface area (Å²) >= 11 is 0. The van der Waals surface area contributed by atoms with Crippen molar-refractivity contribution in [2.24, 2.45) is 0 Å². The van der Waals surface area contributed by atoms with E-state index in [2.05, 4.69) is 35.6 Å². The smallest absolute Gasteiger partial charge is 0.321 e. The van der Waals surface area contributed by atoms with Gasteiger partial charge in [-0.3, -0.25) is 10.1 Å². The molecule has 0 saturated carbocycles. The zero-order valence-corrected chi connectivity index (χ0v) is 17.0. The largest absolute Gasteiger partial charge is 0.362 e. The lowest BCUT2D eigenvalue weighted by atomic mass is 10.1. The number of nitro groups is 1. The molecule has 3 aromatic carbocycles. The third-order valence-corrected chi connectivity index (χ3v) is 6.03. The van der Waals surface area contributed by atoms with Crippen LogP contribution in [0.15, 0.2) is 66.7 Å². The van der Waals surface area contributed by atoms with Gasteiger partial charge >= 0.3 is 6.03 Å². The first kappa shape index (κ1) is 19.1. The Hall–Kier alpha value is -3.87. The lowest BCUT2D eigenvalue weighted by Gasteiger charge is -2.35. The van der Waals surface area contributed by atoms with Crippen LogP contribution in [0.3, 0.4) is 0 Å². The molecule has 5 rings (SSSR count). The van der Waals surface area contributed by atoms with Crippen molar-refractivity contribution in [2.75, 3.05) is 36.4 Å². The molecule has 1 N–H and O–H groups in total. The average Bonchev–Trinajstić information content (AvgIpc) is 3.17. The summed E-state index contributed by atoms with van der Waals surface area (Å²) < 4.78 is 0. The number of para-hydroxylation sites is 2. The number of benzene rings is 3. The van der Waals surface area contributed by atoms with Crippen molar-refractivity contribution in [3.05, 3.63) is 88.0 Å². The third kappa shape index (κ3) is 3.59. The summed E-state index contributed by atoms with van der Waals surface area (Å²) in [5.41, 5.74) is 6.52. The maximum Gasteiger partial charge on any atom is 0.321 e. The molecule has 3 aromatic rings. The van der Waals surface area contributed by atoms with Gasteiger partial charge in [0, 0.05) is 37.9 Å². The van der Waals surface area contributed by atoms with Crippen molar-refractivity contribution in [3.63, 3.8) is 0 Å². The fraction of sp³-hybridized carbons (Fsp3) is 0.208. The fourth-order valence-electron chi connectivity index (χ4n) is 4.46. The molecule has 0 radical (unpaired) electrons. The SMILES string of the molecule is O=C(Nc1ccc2c(c1)Cc1ccccc1-2)N1CCN(c2ccccc2[N+](=O)[O-])CC1. The van der Waals surface area contributed by atoms with Crippen LogP contribution in [-0.4, -0.2) is 42.0 Å². The average molecular weight is 414 g/mol. The maximum atomic E-state index is 12.8. The fourth-order valence-corrected chi connectivity index (χ4v) is 4.46. The normalized spacial score (nSPS) is 14.7. The minimum absolute atomic E-state index is 0.0968. The predicted molar refractivity (Wildman–Crippen MR) is 121 cm³/mol. The molecular formula is C24H22N4O3. The van der Waals surface area contributed by atoms with Crippen LogP contribution in [-0.2, 0) is 6.42 Å². The van der Waals surface area contributed by atoms with Crippen molar-refractivity contribution in [1.82, 2.24) is 4.90 Å².